The molecule has 0 unspecified atom stereocenters. The fraction of sp³-hybridized carbons (Fsp3) is 0. The van der Waals surface area contributed by atoms with Gasteiger partial charge in [0.25, 0.3) is 0 Å². The van der Waals surface area contributed by atoms with Crippen LogP contribution in [0.1, 0.15) is 15.9 Å². The molecule has 0 saturated heterocycles. The third-order valence-corrected chi connectivity index (χ3v) is 2.83. The van der Waals surface area contributed by atoms with Crippen LogP contribution in [0.2, 0.25) is 5.02 Å². The molecule has 0 saturated carbocycles. The minimum Gasteiger partial charge on any atom is -0.289 e. The molecule has 0 fully saturated rings. The number of carbonyl (C=O) groups excluding carboxylic acids is 1. The maximum atomic E-state index is 12.8. The number of rotatable bonds is 3. The van der Waals surface area contributed by atoms with Gasteiger partial charge in [-0.1, -0.05) is 30.3 Å². The normalized spacial score (nSPS) is 10.1. The van der Waals surface area contributed by atoms with E-state index in [1.54, 1.807) is 24.3 Å². The Morgan fingerprint density at radius 1 is 0.944 bits per heavy atom. The molecule has 1 nitrogen and oxygen atoms in total. The third-order valence-electron chi connectivity index (χ3n) is 2.57. The quantitative estimate of drug-likeness (QED) is 0.591. The zero-order valence-electron chi connectivity index (χ0n) is 9.49. The number of Topliss-reactive ketones (excluding diaryl/α,β-unsaturated/α-hetero) is 1. The van der Waals surface area contributed by atoms with Gasteiger partial charge in [-0.25, -0.2) is 4.39 Å². The van der Waals surface area contributed by atoms with Crippen LogP contribution in [0.15, 0.2) is 55.1 Å². The summed E-state index contributed by atoms with van der Waals surface area (Å²) in [7, 11) is 0. The number of ketones is 1. The smallest absolute Gasteiger partial charge is 0.193 e. The zero-order valence-corrected chi connectivity index (χ0v) is 10.2. The van der Waals surface area contributed by atoms with Gasteiger partial charge in [-0.2, -0.15) is 0 Å². The van der Waals surface area contributed by atoms with Crippen molar-refractivity contribution in [3.8, 4) is 0 Å². The van der Waals surface area contributed by atoms with Gasteiger partial charge in [0.2, 0.25) is 0 Å². The molecule has 2 rings (SSSR count). The number of halogens is 2. The number of hydrogen-bond acceptors (Lipinski definition) is 1. The van der Waals surface area contributed by atoms with Gasteiger partial charge in [-0.05, 0) is 42.0 Å². The maximum Gasteiger partial charge on any atom is 0.193 e. The number of hydrogen-bond donors (Lipinski definition) is 0. The van der Waals surface area contributed by atoms with Crippen LogP contribution < -0.4 is 0 Å². The Balaban J connectivity index is 2.26. The standard InChI is InChI=1S/C15H10ClFO/c1-10(11-4-8-14(17)9-5-11)15(18)12-2-6-13(16)7-3-12/h2-9H,1H2. The van der Waals surface area contributed by atoms with Gasteiger partial charge >= 0.3 is 0 Å². The summed E-state index contributed by atoms with van der Waals surface area (Å²) in [6.45, 7) is 3.75. The molecule has 18 heavy (non-hydrogen) atoms. The Labute approximate surface area is 110 Å². The van der Waals surface area contributed by atoms with E-state index in [4.69, 9.17) is 11.6 Å². The predicted octanol–water partition coefficient (Wildman–Crippen LogP) is 4.38. The zero-order chi connectivity index (χ0) is 13.1. The molecule has 0 aromatic heterocycles. The fourth-order valence-electron chi connectivity index (χ4n) is 1.56. The Morgan fingerprint density at radius 2 is 1.44 bits per heavy atom. The summed E-state index contributed by atoms with van der Waals surface area (Å²) in [6.07, 6.45) is 0. The van der Waals surface area contributed by atoms with Gasteiger partial charge in [0.15, 0.2) is 5.78 Å². The van der Waals surface area contributed by atoms with Crippen molar-refractivity contribution in [3.63, 3.8) is 0 Å². The highest BCUT2D eigenvalue weighted by Gasteiger charge is 2.11. The summed E-state index contributed by atoms with van der Waals surface area (Å²) in [6, 6.07) is 12.2. The van der Waals surface area contributed by atoms with Crippen molar-refractivity contribution in [2.45, 2.75) is 0 Å². The lowest BCUT2D eigenvalue weighted by Gasteiger charge is -2.05. The molecule has 0 spiro atoms. The molecule has 0 aliphatic heterocycles. The van der Waals surface area contributed by atoms with Crippen LogP contribution >= 0.6 is 11.6 Å². The van der Waals surface area contributed by atoms with Crippen molar-refractivity contribution in [1.29, 1.82) is 0 Å². The third kappa shape index (κ3) is 2.66. The van der Waals surface area contributed by atoms with Gasteiger partial charge in [-0.3, -0.25) is 4.79 Å². The minimum atomic E-state index is -0.342. The Morgan fingerprint density at radius 3 is 2.00 bits per heavy atom. The molecule has 0 bridgehead atoms. The first-order chi connectivity index (χ1) is 8.58. The molecule has 0 N–H and O–H groups in total. The summed E-state index contributed by atoms with van der Waals surface area (Å²) >= 11 is 5.75. The van der Waals surface area contributed by atoms with Gasteiger partial charge < -0.3 is 0 Å². The lowest BCUT2D eigenvalue weighted by atomic mass is 9.98. The molecule has 90 valence electrons. The minimum absolute atomic E-state index is 0.196. The van der Waals surface area contributed by atoms with E-state index < -0.39 is 0 Å². The Kier molecular flexibility index (Phi) is 3.58. The van der Waals surface area contributed by atoms with Crippen molar-refractivity contribution in [3.05, 3.63) is 77.1 Å². The van der Waals surface area contributed by atoms with Crippen LogP contribution in [-0.2, 0) is 0 Å². The van der Waals surface area contributed by atoms with E-state index in [1.807, 2.05) is 0 Å². The molecule has 0 amide bonds. The maximum absolute atomic E-state index is 12.8. The van der Waals surface area contributed by atoms with E-state index in [-0.39, 0.29) is 11.6 Å². The fourth-order valence-corrected chi connectivity index (χ4v) is 1.68. The van der Waals surface area contributed by atoms with Crippen LogP contribution in [-0.4, -0.2) is 5.78 Å². The van der Waals surface area contributed by atoms with Gasteiger partial charge in [0.05, 0.1) is 0 Å². The number of carbonyl (C=O) groups is 1. The largest absolute Gasteiger partial charge is 0.289 e. The molecule has 3 heteroatoms. The number of allylic oxidation sites excluding steroid dienone is 1. The second-order valence-corrected chi connectivity index (χ2v) is 4.26. The van der Waals surface area contributed by atoms with Gasteiger partial charge in [-0.15, -0.1) is 0 Å². The van der Waals surface area contributed by atoms with Crippen LogP contribution in [0, 0.1) is 5.82 Å². The summed E-state index contributed by atoms with van der Waals surface area (Å²) in [5, 5.41) is 0.568. The van der Waals surface area contributed by atoms with E-state index >= 15 is 0 Å². The highest BCUT2D eigenvalue weighted by atomic mass is 35.5. The molecule has 0 aliphatic rings. The monoisotopic (exact) mass is 260 g/mol. The summed E-state index contributed by atoms with van der Waals surface area (Å²) in [4.78, 5) is 12.1. The van der Waals surface area contributed by atoms with E-state index in [0.29, 0.717) is 21.7 Å². The predicted molar refractivity (Wildman–Crippen MR) is 71.2 cm³/mol. The number of benzene rings is 2. The topological polar surface area (TPSA) is 17.1 Å². The lowest BCUT2D eigenvalue weighted by Crippen LogP contribution is -2.01. The van der Waals surface area contributed by atoms with Crippen molar-refractivity contribution in [2.24, 2.45) is 0 Å². The van der Waals surface area contributed by atoms with E-state index in [9.17, 15) is 9.18 Å². The lowest BCUT2D eigenvalue weighted by molar-refractivity contribution is 0.105. The first-order valence-corrected chi connectivity index (χ1v) is 5.71. The van der Waals surface area contributed by atoms with E-state index in [0.717, 1.165) is 0 Å². The van der Waals surface area contributed by atoms with Crippen molar-refractivity contribution >= 4 is 23.0 Å². The summed E-state index contributed by atoms with van der Waals surface area (Å²) < 4.78 is 12.8. The average molecular weight is 261 g/mol. The molecular weight excluding hydrogens is 251 g/mol. The molecular formula is C15H10ClFO. The van der Waals surface area contributed by atoms with E-state index in [1.165, 1.54) is 24.3 Å². The molecule has 2 aromatic carbocycles. The summed E-state index contributed by atoms with van der Waals surface area (Å²) in [5.74, 6) is -0.538. The molecule has 0 atom stereocenters. The first-order valence-electron chi connectivity index (χ1n) is 5.33. The SMILES string of the molecule is C=C(C(=O)c1ccc(Cl)cc1)c1ccc(F)cc1. The van der Waals surface area contributed by atoms with Gasteiger partial charge in [0, 0.05) is 16.2 Å². The Hall–Kier alpha value is -1.93. The van der Waals surface area contributed by atoms with Crippen molar-refractivity contribution in [1.82, 2.24) is 0 Å². The van der Waals surface area contributed by atoms with Crippen LogP contribution in [0.3, 0.4) is 0 Å². The summed E-state index contributed by atoms with van der Waals surface area (Å²) in [5.41, 5.74) is 1.45. The van der Waals surface area contributed by atoms with E-state index in [2.05, 4.69) is 6.58 Å². The second-order valence-electron chi connectivity index (χ2n) is 3.82. The van der Waals surface area contributed by atoms with Crippen LogP contribution in [0.4, 0.5) is 4.39 Å². The highest BCUT2D eigenvalue weighted by Crippen LogP contribution is 2.19. The van der Waals surface area contributed by atoms with Crippen molar-refractivity contribution in [2.75, 3.05) is 0 Å². The second kappa shape index (κ2) is 5.15. The molecule has 2 aromatic rings. The first kappa shape index (κ1) is 12.5. The van der Waals surface area contributed by atoms with Crippen LogP contribution in [0.5, 0.6) is 0 Å². The molecule has 0 aliphatic carbocycles. The van der Waals surface area contributed by atoms with Crippen molar-refractivity contribution < 1.29 is 9.18 Å². The highest BCUT2D eigenvalue weighted by molar-refractivity contribution is 6.31. The molecule has 0 radical (unpaired) electrons. The van der Waals surface area contributed by atoms with Gasteiger partial charge in [0.1, 0.15) is 5.82 Å². The molecule has 0 heterocycles. The van der Waals surface area contributed by atoms with Crippen LogP contribution in [0.25, 0.3) is 5.57 Å². The Bertz CT molecular complexity index is 529. The average Bonchev–Trinajstić information content (AvgIpc) is 2.39.